The van der Waals surface area contributed by atoms with Crippen LogP contribution in [-0.4, -0.2) is 11.8 Å². The van der Waals surface area contributed by atoms with E-state index in [4.69, 9.17) is 11.6 Å². The summed E-state index contributed by atoms with van der Waals surface area (Å²) in [4.78, 5) is 25.0. The van der Waals surface area contributed by atoms with Gasteiger partial charge < -0.3 is 10.6 Å². The molecule has 118 valence electrons. The number of aryl methyl sites for hydroxylation is 1. The van der Waals surface area contributed by atoms with Gasteiger partial charge in [-0.2, -0.15) is 0 Å². The monoisotopic (exact) mass is 328 g/mol. The van der Waals surface area contributed by atoms with E-state index in [1.165, 1.54) is 0 Å². The van der Waals surface area contributed by atoms with Crippen LogP contribution in [0, 0.1) is 12.3 Å². The molecule has 1 fully saturated rings. The average Bonchev–Trinajstić information content (AvgIpc) is 3.29. The summed E-state index contributed by atoms with van der Waals surface area (Å²) in [5, 5.41) is 6.16. The Labute approximate surface area is 139 Å². The largest absolute Gasteiger partial charge is 0.325 e. The zero-order valence-corrected chi connectivity index (χ0v) is 13.5. The molecule has 2 amide bonds. The minimum Gasteiger partial charge on any atom is -0.325 e. The summed E-state index contributed by atoms with van der Waals surface area (Å²) in [6.07, 6.45) is 1.11. The maximum atomic E-state index is 12.5. The maximum absolute atomic E-state index is 12.5. The van der Waals surface area contributed by atoms with Gasteiger partial charge in [0.2, 0.25) is 11.8 Å². The van der Waals surface area contributed by atoms with Crippen LogP contribution in [0.15, 0.2) is 48.5 Å². The van der Waals surface area contributed by atoms with Crippen LogP contribution in [-0.2, 0) is 9.59 Å². The number of halogens is 1. The van der Waals surface area contributed by atoms with Crippen LogP contribution < -0.4 is 10.6 Å². The van der Waals surface area contributed by atoms with Crippen LogP contribution in [0.25, 0.3) is 0 Å². The Morgan fingerprint density at radius 2 is 1.52 bits per heavy atom. The Kier molecular flexibility index (Phi) is 4.09. The first kappa shape index (κ1) is 15.6. The minimum absolute atomic E-state index is 0.261. The summed E-state index contributed by atoms with van der Waals surface area (Å²) in [7, 11) is 0. The van der Waals surface area contributed by atoms with E-state index >= 15 is 0 Å². The molecule has 2 N–H and O–H groups in total. The summed E-state index contributed by atoms with van der Waals surface area (Å²) in [6.45, 7) is 1.95. The lowest BCUT2D eigenvalue weighted by Crippen LogP contribution is -2.35. The number of rotatable bonds is 4. The van der Waals surface area contributed by atoms with Gasteiger partial charge in [-0.3, -0.25) is 9.59 Å². The van der Waals surface area contributed by atoms with Crippen molar-refractivity contribution in [3.05, 3.63) is 59.1 Å². The van der Waals surface area contributed by atoms with Gasteiger partial charge in [0.05, 0.1) is 0 Å². The molecule has 4 nitrogen and oxygen atoms in total. The number of nitrogens with one attached hydrogen (secondary N) is 2. The molecule has 3 rings (SSSR count). The molecule has 0 saturated heterocycles. The lowest BCUT2D eigenvalue weighted by molar-refractivity contribution is -0.131. The molecule has 1 aliphatic carbocycles. The first-order chi connectivity index (χ1) is 11.0. The smallest absolute Gasteiger partial charge is 0.240 e. The molecule has 1 saturated carbocycles. The van der Waals surface area contributed by atoms with Crippen molar-refractivity contribution in [2.24, 2.45) is 5.41 Å². The van der Waals surface area contributed by atoms with E-state index in [-0.39, 0.29) is 11.8 Å². The molecule has 0 radical (unpaired) electrons. The van der Waals surface area contributed by atoms with Gasteiger partial charge in [0, 0.05) is 16.4 Å². The van der Waals surface area contributed by atoms with Crippen molar-refractivity contribution in [2.45, 2.75) is 19.8 Å². The van der Waals surface area contributed by atoms with E-state index in [0.717, 1.165) is 5.56 Å². The highest BCUT2D eigenvalue weighted by atomic mass is 35.5. The number of benzene rings is 2. The molecule has 0 atom stereocenters. The third-order valence-electron chi connectivity index (χ3n) is 3.98. The van der Waals surface area contributed by atoms with Crippen LogP contribution in [0.1, 0.15) is 18.4 Å². The fourth-order valence-electron chi connectivity index (χ4n) is 2.47. The first-order valence-electron chi connectivity index (χ1n) is 7.45. The second kappa shape index (κ2) is 6.05. The third kappa shape index (κ3) is 3.37. The van der Waals surface area contributed by atoms with Crippen LogP contribution in [0.4, 0.5) is 11.4 Å². The fourth-order valence-corrected chi connectivity index (χ4v) is 2.66. The van der Waals surface area contributed by atoms with E-state index in [9.17, 15) is 9.59 Å². The summed E-state index contributed by atoms with van der Waals surface area (Å²) >= 11 is 5.91. The van der Waals surface area contributed by atoms with Crippen molar-refractivity contribution in [2.75, 3.05) is 10.6 Å². The lowest BCUT2D eigenvalue weighted by atomic mass is 10.0. The van der Waals surface area contributed by atoms with E-state index in [1.54, 1.807) is 24.3 Å². The van der Waals surface area contributed by atoms with Gasteiger partial charge in [-0.15, -0.1) is 0 Å². The molecule has 5 heteroatoms. The van der Waals surface area contributed by atoms with E-state index in [0.29, 0.717) is 29.2 Å². The molecule has 0 bridgehead atoms. The van der Waals surface area contributed by atoms with Crippen molar-refractivity contribution in [1.82, 2.24) is 0 Å². The Morgan fingerprint density at radius 3 is 2.04 bits per heavy atom. The number of hydrogen-bond acceptors (Lipinski definition) is 2. The van der Waals surface area contributed by atoms with Crippen molar-refractivity contribution in [3.63, 3.8) is 0 Å². The molecule has 0 unspecified atom stereocenters. The number of amides is 2. The van der Waals surface area contributed by atoms with Crippen molar-refractivity contribution in [1.29, 1.82) is 0 Å². The van der Waals surface area contributed by atoms with Crippen molar-refractivity contribution >= 4 is 34.8 Å². The van der Waals surface area contributed by atoms with E-state index in [1.807, 2.05) is 31.2 Å². The van der Waals surface area contributed by atoms with E-state index < -0.39 is 5.41 Å². The molecule has 0 heterocycles. The molecule has 0 spiro atoms. The second-order valence-electron chi connectivity index (χ2n) is 5.87. The second-order valence-corrected chi connectivity index (χ2v) is 6.31. The highest BCUT2D eigenvalue weighted by Crippen LogP contribution is 2.47. The molecule has 0 aromatic heterocycles. The molecular weight excluding hydrogens is 312 g/mol. The SMILES string of the molecule is Cc1cccc(NC(=O)C2(C(=O)Nc3cccc(Cl)c3)CC2)c1. The molecule has 23 heavy (non-hydrogen) atoms. The molecular formula is C18H17ClN2O2. The van der Waals surface area contributed by atoms with Crippen LogP contribution in [0.5, 0.6) is 0 Å². The van der Waals surface area contributed by atoms with Crippen molar-refractivity contribution < 1.29 is 9.59 Å². The first-order valence-corrected chi connectivity index (χ1v) is 7.83. The molecule has 2 aromatic rings. The minimum atomic E-state index is -0.980. The summed E-state index contributed by atoms with van der Waals surface area (Å²) < 4.78 is 0. The standard InChI is InChI=1S/C18H17ClN2O2/c1-12-4-2-6-14(10-12)20-16(22)18(8-9-18)17(23)21-15-7-3-5-13(19)11-15/h2-7,10-11H,8-9H2,1H3,(H,20,22)(H,21,23). The van der Waals surface area contributed by atoms with Gasteiger partial charge in [0.25, 0.3) is 0 Å². The van der Waals surface area contributed by atoms with Crippen LogP contribution in [0.3, 0.4) is 0 Å². The molecule has 0 aliphatic heterocycles. The van der Waals surface area contributed by atoms with Crippen LogP contribution >= 0.6 is 11.6 Å². The predicted molar refractivity (Wildman–Crippen MR) is 91.6 cm³/mol. The van der Waals surface area contributed by atoms with Gasteiger partial charge in [-0.1, -0.05) is 29.8 Å². The van der Waals surface area contributed by atoms with Gasteiger partial charge in [0.1, 0.15) is 5.41 Å². The van der Waals surface area contributed by atoms with E-state index in [2.05, 4.69) is 10.6 Å². The third-order valence-corrected chi connectivity index (χ3v) is 4.21. The highest BCUT2D eigenvalue weighted by molar-refractivity contribution is 6.31. The summed E-state index contributed by atoms with van der Waals surface area (Å²) in [5.74, 6) is -0.549. The Bertz CT molecular complexity index is 708. The van der Waals surface area contributed by atoms with Gasteiger partial charge >= 0.3 is 0 Å². The number of carbonyl (C=O) groups excluding carboxylic acids is 2. The molecule has 1 aliphatic rings. The summed E-state index contributed by atoms with van der Waals surface area (Å²) in [5.41, 5.74) is 1.37. The van der Waals surface area contributed by atoms with Gasteiger partial charge in [0.15, 0.2) is 0 Å². The Morgan fingerprint density at radius 1 is 0.957 bits per heavy atom. The average molecular weight is 329 g/mol. The highest BCUT2D eigenvalue weighted by Gasteiger charge is 2.56. The lowest BCUT2D eigenvalue weighted by Gasteiger charge is -2.16. The van der Waals surface area contributed by atoms with Gasteiger partial charge in [-0.25, -0.2) is 0 Å². The topological polar surface area (TPSA) is 58.2 Å². The maximum Gasteiger partial charge on any atom is 0.240 e. The Hall–Kier alpha value is -2.33. The normalized spacial score (nSPS) is 14.9. The quantitative estimate of drug-likeness (QED) is 0.833. The zero-order chi connectivity index (χ0) is 16.4. The number of anilines is 2. The summed E-state index contributed by atoms with van der Waals surface area (Å²) in [6, 6.07) is 14.4. The Balaban J connectivity index is 1.71. The number of carbonyl (C=O) groups is 2. The predicted octanol–water partition coefficient (Wildman–Crippen LogP) is 4.01. The number of hydrogen-bond donors (Lipinski definition) is 2. The molecule has 2 aromatic carbocycles. The zero-order valence-electron chi connectivity index (χ0n) is 12.7. The van der Waals surface area contributed by atoms with Crippen molar-refractivity contribution in [3.8, 4) is 0 Å². The fraction of sp³-hybridized carbons (Fsp3) is 0.222. The van der Waals surface area contributed by atoms with Gasteiger partial charge in [-0.05, 0) is 55.7 Å². The van der Waals surface area contributed by atoms with Crippen LogP contribution in [0.2, 0.25) is 5.02 Å².